The fraction of sp³-hybridized carbons (Fsp3) is 0.258. The topological polar surface area (TPSA) is 62.2 Å². The summed E-state index contributed by atoms with van der Waals surface area (Å²) >= 11 is 5.80. The predicted molar refractivity (Wildman–Crippen MR) is 157 cm³/mol. The fourth-order valence-electron chi connectivity index (χ4n) is 5.40. The maximum Gasteiger partial charge on any atom is 0.226 e. The van der Waals surface area contributed by atoms with Gasteiger partial charge >= 0.3 is 0 Å². The van der Waals surface area contributed by atoms with Crippen molar-refractivity contribution in [3.63, 3.8) is 0 Å². The second-order valence-corrected chi connectivity index (χ2v) is 10.4. The summed E-state index contributed by atoms with van der Waals surface area (Å²) in [6.45, 7) is 8.83. The number of aryl methyl sites for hydroxylation is 3. The molecule has 0 saturated carbocycles. The first-order chi connectivity index (χ1) is 18.7. The van der Waals surface area contributed by atoms with Crippen LogP contribution in [0.25, 0.3) is 5.69 Å². The molecule has 2 N–H and O–H groups in total. The molecule has 6 nitrogen and oxygen atoms in total. The average Bonchev–Trinajstić information content (AvgIpc) is 3.40. The molecule has 200 valence electrons. The van der Waals surface area contributed by atoms with Gasteiger partial charge in [-0.25, -0.2) is 4.39 Å². The first-order valence-electron chi connectivity index (χ1n) is 13.0. The Morgan fingerprint density at radius 2 is 1.82 bits per heavy atom. The van der Waals surface area contributed by atoms with Crippen LogP contribution >= 0.6 is 12.2 Å². The lowest BCUT2D eigenvalue weighted by Crippen LogP contribution is -2.33. The van der Waals surface area contributed by atoms with Gasteiger partial charge in [0.2, 0.25) is 5.91 Å². The Hall–Kier alpha value is -4.04. The monoisotopic (exact) mass is 541 g/mol. The molecule has 0 unspecified atom stereocenters. The van der Waals surface area contributed by atoms with E-state index >= 15 is 0 Å². The summed E-state index contributed by atoms with van der Waals surface area (Å²) in [6, 6.07) is 20.3. The first-order valence-corrected chi connectivity index (χ1v) is 13.4. The molecule has 1 fully saturated rings. The molecule has 1 amide bonds. The summed E-state index contributed by atoms with van der Waals surface area (Å²) < 4.78 is 16.4. The van der Waals surface area contributed by atoms with E-state index in [1.165, 1.54) is 17.2 Å². The molecule has 8 heteroatoms. The van der Waals surface area contributed by atoms with Crippen molar-refractivity contribution < 1.29 is 9.18 Å². The molecule has 5 rings (SSSR count). The molecule has 2 atom stereocenters. The Kier molecular flexibility index (Phi) is 7.48. The lowest BCUT2D eigenvalue weighted by atomic mass is 9.96. The average molecular weight is 542 g/mol. The number of thiocarbonyl (C=S) groups is 1. The summed E-state index contributed by atoms with van der Waals surface area (Å²) in [7, 11) is 0. The van der Waals surface area contributed by atoms with Crippen molar-refractivity contribution in [1.29, 1.82) is 0 Å². The van der Waals surface area contributed by atoms with Crippen LogP contribution in [0.3, 0.4) is 0 Å². The number of carbonyl (C=O) groups is 1. The van der Waals surface area contributed by atoms with E-state index in [0.29, 0.717) is 11.7 Å². The standard InChI is InChI=1S/C31H32FN5OS/c1-19-12-13-20(2)27(17-19)37-21(3)18-23(22(37)4)30-29(26-11-7-8-15-33-26)35-31(39)36(30)16-14-28(38)34-25-10-6-5-9-24(25)32/h5-13,15,17-18,29-30H,14,16H2,1-4H3,(H,34,38)(H,35,39)/t29-,30+/m1/s1. The van der Waals surface area contributed by atoms with E-state index in [4.69, 9.17) is 12.2 Å². The Bertz CT molecular complexity index is 1530. The predicted octanol–water partition coefficient (Wildman–Crippen LogP) is 6.25. The molecule has 2 aromatic carbocycles. The molecular formula is C31H32FN5OS. The number of rotatable bonds is 7. The molecule has 0 bridgehead atoms. The Morgan fingerprint density at radius 3 is 2.56 bits per heavy atom. The minimum absolute atomic E-state index is 0.150. The highest BCUT2D eigenvalue weighted by atomic mass is 32.1. The maximum absolute atomic E-state index is 14.1. The van der Waals surface area contributed by atoms with E-state index in [9.17, 15) is 9.18 Å². The normalized spacial score (nSPS) is 16.8. The van der Waals surface area contributed by atoms with Crippen LogP contribution in [0.5, 0.6) is 0 Å². The number of hydrogen-bond acceptors (Lipinski definition) is 3. The second-order valence-electron chi connectivity index (χ2n) is 10.0. The highest BCUT2D eigenvalue weighted by molar-refractivity contribution is 7.80. The second kappa shape index (κ2) is 11.0. The smallest absolute Gasteiger partial charge is 0.226 e. The summed E-state index contributed by atoms with van der Waals surface area (Å²) in [4.78, 5) is 19.5. The summed E-state index contributed by atoms with van der Waals surface area (Å²) in [5, 5.41) is 6.71. The number of carbonyl (C=O) groups excluding carboxylic acids is 1. The van der Waals surface area contributed by atoms with E-state index in [1.54, 1.807) is 24.4 Å². The van der Waals surface area contributed by atoms with Gasteiger partial charge in [0.1, 0.15) is 5.82 Å². The Balaban J connectivity index is 1.50. The van der Waals surface area contributed by atoms with E-state index in [-0.39, 0.29) is 30.1 Å². The minimum atomic E-state index is -0.462. The van der Waals surface area contributed by atoms with E-state index in [1.807, 2.05) is 18.2 Å². The van der Waals surface area contributed by atoms with Gasteiger partial charge in [0.25, 0.3) is 0 Å². The van der Waals surface area contributed by atoms with Crippen LogP contribution in [0.4, 0.5) is 10.1 Å². The van der Waals surface area contributed by atoms with Crippen LogP contribution in [0.15, 0.2) is 72.9 Å². The molecule has 39 heavy (non-hydrogen) atoms. The van der Waals surface area contributed by atoms with Crippen LogP contribution in [-0.2, 0) is 4.79 Å². The molecule has 1 saturated heterocycles. The summed E-state index contributed by atoms with van der Waals surface area (Å²) in [5.41, 5.74) is 7.93. The molecular weight excluding hydrogens is 509 g/mol. The van der Waals surface area contributed by atoms with Crippen molar-refractivity contribution >= 4 is 28.9 Å². The number of amides is 1. The molecule has 0 radical (unpaired) electrons. The molecule has 1 aliphatic rings. The SMILES string of the molecule is Cc1ccc(C)c(-n2c(C)cc([C@H]3[C@@H](c4ccccn4)NC(=S)N3CCC(=O)Nc3ccccc3F)c2C)c1. The minimum Gasteiger partial charge on any atom is -0.352 e. The Morgan fingerprint density at radius 1 is 1.05 bits per heavy atom. The number of benzene rings is 2. The van der Waals surface area contributed by atoms with Crippen molar-refractivity contribution in [2.24, 2.45) is 0 Å². The summed E-state index contributed by atoms with van der Waals surface area (Å²) in [6.07, 6.45) is 1.93. The van der Waals surface area contributed by atoms with E-state index in [2.05, 4.69) is 77.0 Å². The van der Waals surface area contributed by atoms with Gasteiger partial charge in [0, 0.05) is 36.2 Å². The zero-order valence-electron chi connectivity index (χ0n) is 22.5. The molecule has 2 aromatic heterocycles. The number of anilines is 1. The number of aromatic nitrogens is 2. The van der Waals surface area contributed by atoms with Gasteiger partial charge < -0.3 is 20.1 Å². The van der Waals surface area contributed by atoms with Crippen molar-refractivity contribution in [2.75, 3.05) is 11.9 Å². The zero-order valence-corrected chi connectivity index (χ0v) is 23.3. The molecule has 0 spiro atoms. The highest BCUT2D eigenvalue weighted by Gasteiger charge is 2.41. The third kappa shape index (κ3) is 5.29. The lowest BCUT2D eigenvalue weighted by Gasteiger charge is -2.28. The van der Waals surface area contributed by atoms with Crippen molar-refractivity contribution in [1.82, 2.24) is 19.8 Å². The van der Waals surface area contributed by atoms with Crippen LogP contribution in [0.1, 0.15) is 52.3 Å². The van der Waals surface area contributed by atoms with Gasteiger partial charge in [-0.2, -0.15) is 0 Å². The van der Waals surface area contributed by atoms with Gasteiger partial charge in [-0.15, -0.1) is 0 Å². The molecule has 1 aliphatic heterocycles. The van der Waals surface area contributed by atoms with Crippen molar-refractivity contribution in [2.45, 2.75) is 46.2 Å². The number of halogens is 1. The largest absolute Gasteiger partial charge is 0.352 e. The van der Waals surface area contributed by atoms with Crippen LogP contribution in [0, 0.1) is 33.5 Å². The number of hydrogen-bond donors (Lipinski definition) is 2. The van der Waals surface area contributed by atoms with Crippen LogP contribution in [-0.4, -0.2) is 32.0 Å². The summed E-state index contributed by atoms with van der Waals surface area (Å²) in [5.74, 6) is -0.736. The highest BCUT2D eigenvalue weighted by Crippen LogP contribution is 2.41. The van der Waals surface area contributed by atoms with Crippen LogP contribution in [0.2, 0.25) is 0 Å². The number of pyridine rings is 1. The van der Waals surface area contributed by atoms with E-state index < -0.39 is 5.82 Å². The van der Waals surface area contributed by atoms with Gasteiger partial charge in [0.15, 0.2) is 5.11 Å². The van der Waals surface area contributed by atoms with Crippen molar-refractivity contribution in [3.05, 3.63) is 113 Å². The van der Waals surface area contributed by atoms with E-state index in [0.717, 1.165) is 28.3 Å². The zero-order chi connectivity index (χ0) is 27.7. The van der Waals surface area contributed by atoms with Gasteiger partial charge in [-0.05, 0) is 93.0 Å². The number of nitrogens with one attached hydrogen (secondary N) is 2. The van der Waals surface area contributed by atoms with Crippen LogP contribution < -0.4 is 10.6 Å². The third-order valence-electron chi connectivity index (χ3n) is 7.32. The lowest BCUT2D eigenvalue weighted by molar-refractivity contribution is -0.116. The molecule has 3 heterocycles. The first kappa shape index (κ1) is 26.6. The quantitative estimate of drug-likeness (QED) is 0.271. The van der Waals surface area contributed by atoms with Gasteiger partial charge in [0.05, 0.1) is 23.5 Å². The number of para-hydroxylation sites is 1. The molecule has 0 aliphatic carbocycles. The Labute approximate surface area is 233 Å². The van der Waals surface area contributed by atoms with Gasteiger partial charge in [-0.3, -0.25) is 9.78 Å². The fourth-order valence-corrected chi connectivity index (χ4v) is 5.73. The van der Waals surface area contributed by atoms with Crippen molar-refractivity contribution in [3.8, 4) is 5.69 Å². The number of nitrogens with zero attached hydrogens (tertiary/aromatic N) is 3. The maximum atomic E-state index is 14.1. The van der Waals surface area contributed by atoms with Gasteiger partial charge in [-0.1, -0.05) is 30.3 Å². The molecule has 4 aromatic rings. The third-order valence-corrected chi connectivity index (χ3v) is 7.67.